The molecule has 0 aromatic rings. The number of hydrogen-bond donors (Lipinski definition) is 1. The molecular weight excluding hydrogens is 216 g/mol. The molecule has 1 N–H and O–H groups in total. The van der Waals surface area contributed by atoms with Gasteiger partial charge in [0.2, 0.25) is 0 Å². The predicted molar refractivity (Wildman–Crippen MR) is 67.1 cm³/mol. The second kappa shape index (κ2) is 5.36. The van der Waals surface area contributed by atoms with E-state index in [0.29, 0.717) is 18.1 Å². The lowest BCUT2D eigenvalue weighted by atomic mass is 10.2. The molecule has 4 heteroatoms. The number of carbonyl (C=O) groups is 1. The number of hydrogen-bond acceptors (Lipinski definition) is 3. The van der Waals surface area contributed by atoms with Gasteiger partial charge in [-0.25, -0.2) is 0 Å². The Bertz CT molecular complexity index is 277. The largest absolute Gasteiger partial charge is 0.481 e. The van der Waals surface area contributed by atoms with Gasteiger partial charge >= 0.3 is 5.97 Å². The van der Waals surface area contributed by atoms with Crippen LogP contribution in [0, 0.1) is 0 Å². The molecule has 1 saturated heterocycles. The van der Waals surface area contributed by atoms with Crippen molar-refractivity contribution in [2.24, 2.45) is 0 Å². The zero-order valence-electron chi connectivity index (χ0n) is 10.9. The van der Waals surface area contributed by atoms with E-state index < -0.39 is 5.97 Å². The second-order valence-corrected chi connectivity index (χ2v) is 5.64. The molecule has 0 amide bonds. The highest BCUT2D eigenvalue weighted by Gasteiger charge is 2.37. The normalized spacial score (nSPS) is 26.0. The van der Waals surface area contributed by atoms with Gasteiger partial charge in [0, 0.05) is 37.8 Å². The number of carboxylic acid groups (broad SMARTS) is 1. The first-order valence-electron chi connectivity index (χ1n) is 6.79. The molecule has 1 aliphatic heterocycles. The molecule has 2 fully saturated rings. The quantitative estimate of drug-likeness (QED) is 0.762. The molecule has 1 saturated carbocycles. The Labute approximate surface area is 104 Å². The Balaban J connectivity index is 1.86. The van der Waals surface area contributed by atoms with Crippen LogP contribution in [0.2, 0.25) is 0 Å². The fourth-order valence-electron chi connectivity index (χ4n) is 2.80. The summed E-state index contributed by atoms with van der Waals surface area (Å²) in [6.07, 6.45) is 4.01. The number of nitrogens with zero attached hydrogens (tertiary/aromatic N) is 2. The fourth-order valence-corrected chi connectivity index (χ4v) is 2.80. The fraction of sp³-hybridized carbons (Fsp3) is 0.923. The minimum Gasteiger partial charge on any atom is -0.481 e. The SMILES string of the molecule is CC(C)N1CCC(N(CCC(=O)O)C2CC2)C1. The molecular formula is C13H24N2O2. The Morgan fingerprint density at radius 1 is 1.35 bits per heavy atom. The zero-order valence-corrected chi connectivity index (χ0v) is 10.9. The first-order chi connectivity index (χ1) is 8.08. The Kier molecular flexibility index (Phi) is 4.05. The lowest BCUT2D eigenvalue weighted by molar-refractivity contribution is -0.137. The first-order valence-corrected chi connectivity index (χ1v) is 6.79. The molecule has 4 nitrogen and oxygen atoms in total. The Morgan fingerprint density at radius 3 is 2.53 bits per heavy atom. The van der Waals surface area contributed by atoms with Gasteiger partial charge in [-0.3, -0.25) is 14.6 Å². The van der Waals surface area contributed by atoms with Crippen LogP contribution in [0.5, 0.6) is 0 Å². The van der Waals surface area contributed by atoms with Gasteiger partial charge in [-0.15, -0.1) is 0 Å². The summed E-state index contributed by atoms with van der Waals surface area (Å²) < 4.78 is 0. The van der Waals surface area contributed by atoms with E-state index in [0.717, 1.165) is 13.1 Å². The molecule has 1 atom stereocenters. The topological polar surface area (TPSA) is 43.8 Å². The van der Waals surface area contributed by atoms with Gasteiger partial charge in [-0.2, -0.15) is 0 Å². The molecule has 1 aliphatic carbocycles. The maximum Gasteiger partial charge on any atom is 0.304 e. The summed E-state index contributed by atoms with van der Waals surface area (Å²) >= 11 is 0. The van der Waals surface area contributed by atoms with Crippen molar-refractivity contribution in [3.63, 3.8) is 0 Å². The van der Waals surface area contributed by atoms with Crippen molar-refractivity contribution in [3.05, 3.63) is 0 Å². The molecule has 98 valence electrons. The van der Waals surface area contributed by atoms with Gasteiger partial charge in [0.25, 0.3) is 0 Å². The highest BCUT2D eigenvalue weighted by molar-refractivity contribution is 5.66. The van der Waals surface area contributed by atoms with E-state index in [-0.39, 0.29) is 6.42 Å². The summed E-state index contributed by atoms with van der Waals surface area (Å²) in [6.45, 7) is 7.49. The van der Waals surface area contributed by atoms with Crippen LogP contribution in [0.3, 0.4) is 0 Å². The van der Waals surface area contributed by atoms with Crippen LogP contribution in [0.4, 0.5) is 0 Å². The van der Waals surface area contributed by atoms with Crippen LogP contribution in [0.1, 0.15) is 39.5 Å². The number of likely N-dealkylation sites (tertiary alicyclic amines) is 1. The van der Waals surface area contributed by atoms with E-state index in [1.165, 1.54) is 25.8 Å². The molecule has 1 unspecified atom stereocenters. The van der Waals surface area contributed by atoms with Gasteiger partial charge < -0.3 is 5.11 Å². The van der Waals surface area contributed by atoms with Gasteiger partial charge in [-0.05, 0) is 33.1 Å². The molecule has 0 bridgehead atoms. The van der Waals surface area contributed by atoms with E-state index >= 15 is 0 Å². The number of rotatable bonds is 6. The summed E-state index contributed by atoms with van der Waals surface area (Å²) in [4.78, 5) is 15.7. The van der Waals surface area contributed by atoms with Crippen molar-refractivity contribution < 1.29 is 9.90 Å². The van der Waals surface area contributed by atoms with Gasteiger partial charge in [0.15, 0.2) is 0 Å². The summed E-state index contributed by atoms with van der Waals surface area (Å²) in [6, 6.07) is 1.87. The van der Waals surface area contributed by atoms with Crippen molar-refractivity contribution in [1.29, 1.82) is 0 Å². The second-order valence-electron chi connectivity index (χ2n) is 5.64. The monoisotopic (exact) mass is 240 g/mol. The maximum absolute atomic E-state index is 10.7. The summed E-state index contributed by atoms with van der Waals surface area (Å²) in [5, 5.41) is 8.81. The van der Waals surface area contributed by atoms with Crippen molar-refractivity contribution in [3.8, 4) is 0 Å². The van der Waals surface area contributed by atoms with Gasteiger partial charge in [0.1, 0.15) is 0 Å². The minimum absolute atomic E-state index is 0.286. The molecule has 1 heterocycles. The van der Waals surface area contributed by atoms with Crippen LogP contribution >= 0.6 is 0 Å². The van der Waals surface area contributed by atoms with Crippen LogP contribution in [-0.2, 0) is 4.79 Å². The third-order valence-corrected chi connectivity index (χ3v) is 3.99. The van der Waals surface area contributed by atoms with E-state index in [1.54, 1.807) is 0 Å². The van der Waals surface area contributed by atoms with Gasteiger partial charge in [0.05, 0.1) is 6.42 Å². The molecule has 17 heavy (non-hydrogen) atoms. The van der Waals surface area contributed by atoms with Crippen molar-refractivity contribution in [2.75, 3.05) is 19.6 Å². The number of carboxylic acids is 1. The van der Waals surface area contributed by atoms with E-state index in [2.05, 4.69) is 23.6 Å². The lowest BCUT2D eigenvalue weighted by Crippen LogP contribution is -2.41. The predicted octanol–water partition coefficient (Wildman–Crippen LogP) is 1.41. The summed E-state index contributed by atoms with van der Waals surface area (Å²) in [7, 11) is 0. The highest BCUT2D eigenvalue weighted by atomic mass is 16.4. The average Bonchev–Trinajstić information content (AvgIpc) is 2.95. The third kappa shape index (κ3) is 3.42. The van der Waals surface area contributed by atoms with Crippen LogP contribution in [0.25, 0.3) is 0 Å². The van der Waals surface area contributed by atoms with E-state index in [4.69, 9.17) is 5.11 Å². The molecule has 0 radical (unpaired) electrons. The van der Waals surface area contributed by atoms with Crippen LogP contribution in [-0.4, -0.2) is 58.6 Å². The van der Waals surface area contributed by atoms with E-state index in [1.807, 2.05) is 0 Å². The molecule has 0 aromatic carbocycles. The molecule has 2 aliphatic rings. The Hall–Kier alpha value is -0.610. The Morgan fingerprint density at radius 2 is 2.06 bits per heavy atom. The zero-order chi connectivity index (χ0) is 12.4. The number of aliphatic carboxylic acids is 1. The van der Waals surface area contributed by atoms with Gasteiger partial charge in [-0.1, -0.05) is 0 Å². The molecule has 0 spiro atoms. The summed E-state index contributed by atoms with van der Waals surface area (Å²) in [5.41, 5.74) is 0. The van der Waals surface area contributed by atoms with Crippen molar-refractivity contribution in [2.45, 2.75) is 57.7 Å². The standard InChI is InChI=1S/C13H24N2O2/c1-10(2)14-7-5-12(9-14)15(11-3-4-11)8-6-13(16)17/h10-12H,3-9H2,1-2H3,(H,16,17). The lowest BCUT2D eigenvalue weighted by Gasteiger charge is -2.29. The van der Waals surface area contributed by atoms with Crippen LogP contribution in [0.15, 0.2) is 0 Å². The molecule has 2 rings (SSSR count). The first kappa shape index (κ1) is 12.8. The van der Waals surface area contributed by atoms with Crippen LogP contribution < -0.4 is 0 Å². The summed E-state index contributed by atoms with van der Waals surface area (Å²) in [5.74, 6) is -0.672. The van der Waals surface area contributed by atoms with E-state index in [9.17, 15) is 4.79 Å². The average molecular weight is 240 g/mol. The van der Waals surface area contributed by atoms with Crippen molar-refractivity contribution in [1.82, 2.24) is 9.80 Å². The van der Waals surface area contributed by atoms with Crippen molar-refractivity contribution >= 4 is 5.97 Å². The molecule has 0 aromatic heterocycles. The highest BCUT2D eigenvalue weighted by Crippen LogP contribution is 2.31. The third-order valence-electron chi connectivity index (χ3n) is 3.99. The smallest absolute Gasteiger partial charge is 0.304 e. The minimum atomic E-state index is -0.672. The maximum atomic E-state index is 10.7.